The third-order valence-electron chi connectivity index (χ3n) is 5.49. The normalized spacial score (nSPS) is 18.5. The van der Waals surface area contributed by atoms with Gasteiger partial charge >= 0.3 is 11.9 Å². The van der Waals surface area contributed by atoms with Crippen LogP contribution in [0.25, 0.3) is 6.08 Å². The summed E-state index contributed by atoms with van der Waals surface area (Å²) in [6, 6.07) is 12.0. The molecule has 1 aliphatic rings. The van der Waals surface area contributed by atoms with Crippen LogP contribution in [-0.2, 0) is 20.9 Å². The maximum atomic E-state index is 12.4. The van der Waals surface area contributed by atoms with E-state index in [0.29, 0.717) is 28.6 Å². The van der Waals surface area contributed by atoms with Crippen LogP contribution >= 0.6 is 0 Å². The number of nitrogen functional groups attached to an aromatic ring is 2. The van der Waals surface area contributed by atoms with Crippen molar-refractivity contribution >= 4 is 29.4 Å². The van der Waals surface area contributed by atoms with Crippen LogP contribution in [0.2, 0.25) is 0 Å². The average Bonchev–Trinajstić information content (AvgIpc) is 2.78. The second-order valence-corrected chi connectivity index (χ2v) is 7.74. The Balaban J connectivity index is 1.47. The van der Waals surface area contributed by atoms with Gasteiger partial charge in [0.05, 0.1) is 5.92 Å². The molecule has 0 bridgehead atoms. The third kappa shape index (κ3) is 6.47. The van der Waals surface area contributed by atoms with Crippen molar-refractivity contribution in [2.45, 2.75) is 32.3 Å². The van der Waals surface area contributed by atoms with E-state index in [2.05, 4.69) is 6.58 Å². The summed E-state index contributed by atoms with van der Waals surface area (Å²) < 4.78 is 10.7. The van der Waals surface area contributed by atoms with Gasteiger partial charge in [-0.15, -0.1) is 6.58 Å². The van der Waals surface area contributed by atoms with Crippen LogP contribution in [0.15, 0.2) is 61.2 Å². The van der Waals surface area contributed by atoms with Crippen molar-refractivity contribution in [2.24, 2.45) is 11.8 Å². The number of benzene rings is 2. The number of esters is 2. The lowest BCUT2D eigenvalue weighted by molar-refractivity contribution is -0.140. The molecule has 4 N–H and O–H groups in total. The Morgan fingerprint density at radius 3 is 2.39 bits per heavy atom. The van der Waals surface area contributed by atoms with E-state index in [1.54, 1.807) is 48.5 Å². The van der Waals surface area contributed by atoms with E-state index in [1.165, 1.54) is 6.08 Å². The van der Waals surface area contributed by atoms with Gasteiger partial charge in [-0.3, -0.25) is 4.79 Å². The van der Waals surface area contributed by atoms with E-state index < -0.39 is 5.97 Å². The Morgan fingerprint density at radius 1 is 1.03 bits per heavy atom. The van der Waals surface area contributed by atoms with Gasteiger partial charge in [0, 0.05) is 23.0 Å². The molecule has 0 atom stereocenters. The molecular formula is C25H28N2O4. The maximum absolute atomic E-state index is 12.4. The summed E-state index contributed by atoms with van der Waals surface area (Å²) in [5.41, 5.74) is 14.0. The van der Waals surface area contributed by atoms with Crippen LogP contribution in [0.1, 0.15) is 36.8 Å². The summed E-state index contributed by atoms with van der Waals surface area (Å²) in [6.07, 6.45) is 8.57. The summed E-state index contributed by atoms with van der Waals surface area (Å²) >= 11 is 0. The second-order valence-electron chi connectivity index (χ2n) is 7.74. The standard InChI is InChI=1S/C25H28N2O4/c1-2-17-3-8-19(9-4-17)25(29)31-22-12-5-18(6-13-22)7-14-24(28)30-16-20-10-11-21(26)15-23(20)27/h2,5-7,10-15,17,19H,1,3-4,8-9,16,26-27H2. The SMILES string of the molecule is C=CC1CCC(C(=O)Oc2ccc(C=CC(=O)OCc3ccc(N)cc3N)cc2)CC1. The Hall–Kier alpha value is -3.54. The van der Waals surface area contributed by atoms with Crippen molar-refractivity contribution in [3.05, 3.63) is 72.3 Å². The average molecular weight is 421 g/mol. The van der Waals surface area contributed by atoms with Gasteiger partial charge in [-0.25, -0.2) is 4.79 Å². The molecule has 2 aromatic rings. The fourth-order valence-electron chi connectivity index (χ4n) is 3.54. The van der Waals surface area contributed by atoms with E-state index in [1.807, 2.05) is 6.08 Å². The van der Waals surface area contributed by atoms with Crippen molar-refractivity contribution in [1.82, 2.24) is 0 Å². The highest BCUT2D eigenvalue weighted by molar-refractivity contribution is 5.87. The van der Waals surface area contributed by atoms with E-state index >= 15 is 0 Å². The number of carbonyl (C=O) groups is 2. The minimum atomic E-state index is -0.484. The number of rotatable bonds is 7. The molecule has 31 heavy (non-hydrogen) atoms. The topological polar surface area (TPSA) is 105 Å². The summed E-state index contributed by atoms with van der Waals surface area (Å²) in [5, 5.41) is 0. The molecule has 6 nitrogen and oxygen atoms in total. The molecule has 0 aliphatic heterocycles. The van der Waals surface area contributed by atoms with Crippen LogP contribution in [-0.4, -0.2) is 11.9 Å². The molecule has 0 radical (unpaired) electrons. The van der Waals surface area contributed by atoms with E-state index in [-0.39, 0.29) is 18.5 Å². The number of ether oxygens (including phenoxy) is 2. The zero-order valence-corrected chi connectivity index (χ0v) is 17.5. The number of carbonyl (C=O) groups excluding carboxylic acids is 2. The smallest absolute Gasteiger partial charge is 0.331 e. The molecule has 1 aliphatic carbocycles. The number of nitrogens with two attached hydrogens (primary N) is 2. The Bertz CT molecular complexity index is 958. The van der Waals surface area contributed by atoms with E-state index in [0.717, 1.165) is 31.2 Å². The molecule has 6 heteroatoms. The summed E-state index contributed by atoms with van der Waals surface area (Å²) in [4.78, 5) is 24.3. The Labute approximate surface area is 182 Å². The fourth-order valence-corrected chi connectivity index (χ4v) is 3.54. The predicted molar refractivity (Wildman–Crippen MR) is 122 cm³/mol. The third-order valence-corrected chi connectivity index (χ3v) is 5.49. The molecule has 0 unspecified atom stereocenters. The van der Waals surface area contributed by atoms with Crippen LogP contribution in [0.4, 0.5) is 11.4 Å². The number of anilines is 2. The second kappa shape index (κ2) is 10.5. The first kappa shape index (κ1) is 22.2. The minimum absolute atomic E-state index is 0.0550. The highest BCUT2D eigenvalue weighted by atomic mass is 16.5. The van der Waals surface area contributed by atoms with Gasteiger partial charge in [-0.1, -0.05) is 24.3 Å². The molecule has 0 amide bonds. The lowest BCUT2D eigenvalue weighted by Crippen LogP contribution is -2.25. The molecule has 3 rings (SSSR count). The van der Waals surface area contributed by atoms with Gasteiger partial charge in [-0.05, 0) is 67.5 Å². The van der Waals surface area contributed by atoms with E-state index in [4.69, 9.17) is 20.9 Å². The lowest BCUT2D eigenvalue weighted by atomic mass is 9.82. The van der Waals surface area contributed by atoms with Crippen molar-refractivity contribution in [2.75, 3.05) is 11.5 Å². The molecule has 0 aromatic heterocycles. The Kier molecular flexibility index (Phi) is 7.49. The summed E-state index contributed by atoms with van der Waals surface area (Å²) in [7, 11) is 0. The maximum Gasteiger partial charge on any atom is 0.331 e. The molecule has 1 fully saturated rings. The van der Waals surface area contributed by atoms with Gasteiger partial charge in [0.1, 0.15) is 12.4 Å². The number of allylic oxidation sites excluding steroid dienone is 1. The molecule has 0 spiro atoms. The number of hydrogen-bond donors (Lipinski definition) is 2. The van der Waals surface area contributed by atoms with Crippen LogP contribution < -0.4 is 16.2 Å². The quantitative estimate of drug-likeness (QED) is 0.225. The first-order chi connectivity index (χ1) is 14.9. The Morgan fingerprint density at radius 2 is 1.74 bits per heavy atom. The fraction of sp³-hybridized carbons (Fsp3) is 0.280. The van der Waals surface area contributed by atoms with Gasteiger partial charge in [0.25, 0.3) is 0 Å². The summed E-state index contributed by atoms with van der Waals surface area (Å²) in [5.74, 6) is 0.277. The van der Waals surface area contributed by atoms with Crippen LogP contribution in [0, 0.1) is 11.8 Å². The van der Waals surface area contributed by atoms with Crippen LogP contribution in [0.5, 0.6) is 5.75 Å². The van der Waals surface area contributed by atoms with Crippen LogP contribution in [0.3, 0.4) is 0 Å². The van der Waals surface area contributed by atoms with Crippen molar-refractivity contribution in [3.8, 4) is 5.75 Å². The van der Waals surface area contributed by atoms with Crippen molar-refractivity contribution in [3.63, 3.8) is 0 Å². The molecule has 162 valence electrons. The van der Waals surface area contributed by atoms with E-state index in [9.17, 15) is 9.59 Å². The van der Waals surface area contributed by atoms with Gasteiger partial charge in [0.2, 0.25) is 0 Å². The van der Waals surface area contributed by atoms with Gasteiger partial charge < -0.3 is 20.9 Å². The number of hydrogen-bond acceptors (Lipinski definition) is 6. The first-order valence-corrected chi connectivity index (χ1v) is 10.4. The zero-order valence-electron chi connectivity index (χ0n) is 17.5. The monoisotopic (exact) mass is 420 g/mol. The molecular weight excluding hydrogens is 392 g/mol. The van der Waals surface area contributed by atoms with Crippen molar-refractivity contribution in [1.29, 1.82) is 0 Å². The largest absolute Gasteiger partial charge is 0.458 e. The highest BCUT2D eigenvalue weighted by Gasteiger charge is 2.26. The molecule has 0 saturated heterocycles. The summed E-state index contributed by atoms with van der Waals surface area (Å²) in [6.45, 7) is 3.90. The highest BCUT2D eigenvalue weighted by Crippen LogP contribution is 2.30. The molecule has 1 saturated carbocycles. The molecule has 2 aromatic carbocycles. The van der Waals surface area contributed by atoms with Gasteiger partial charge in [0.15, 0.2) is 0 Å². The molecule has 0 heterocycles. The first-order valence-electron chi connectivity index (χ1n) is 10.4. The van der Waals surface area contributed by atoms with Gasteiger partial charge in [-0.2, -0.15) is 0 Å². The minimum Gasteiger partial charge on any atom is -0.458 e. The predicted octanol–water partition coefficient (Wildman–Crippen LogP) is 4.51. The lowest BCUT2D eigenvalue weighted by Gasteiger charge is -2.24. The zero-order chi connectivity index (χ0) is 22.2. The van der Waals surface area contributed by atoms with Crippen molar-refractivity contribution < 1.29 is 19.1 Å².